The van der Waals surface area contributed by atoms with Gasteiger partial charge in [-0.3, -0.25) is 4.68 Å². The molecule has 1 aromatic heterocycles. The Balaban J connectivity index is 2.51. The van der Waals surface area contributed by atoms with Gasteiger partial charge >= 0.3 is 7.48 Å². The van der Waals surface area contributed by atoms with Gasteiger partial charge in [0.1, 0.15) is 0 Å². The first-order valence-corrected chi connectivity index (χ1v) is 6.13. The summed E-state index contributed by atoms with van der Waals surface area (Å²) >= 11 is 0. The highest BCUT2D eigenvalue weighted by Crippen LogP contribution is 2.24. The van der Waals surface area contributed by atoms with Crippen LogP contribution >= 0.6 is 0 Å². The molecule has 0 amide bonds. The monoisotopic (exact) mass is 254 g/mol. The maximum absolute atomic E-state index is 9.98. The number of aliphatic hydroxyl groups is 1. The molecule has 1 rings (SSSR count). The number of rotatable bonds is 7. The minimum atomic E-state index is -0.890. The van der Waals surface area contributed by atoms with E-state index in [0.29, 0.717) is 14.1 Å². The highest BCUT2D eigenvalue weighted by Gasteiger charge is 2.35. The summed E-state index contributed by atoms with van der Waals surface area (Å²) in [6.45, 7) is 8.61. The molecule has 1 N–H and O–H groups in total. The fourth-order valence-corrected chi connectivity index (χ4v) is 1.23. The molecule has 18 heavy (non-hydrogen) atoms. The van der Waals surface area contributed by atoms with Crippen LogP contribution in [0, 0.1) is 0 Å². The quantitative estimate of drug-likeness (QED) is 0.700. The SMILES string of the molecule is COCCn1cc(BOC(C)(C)C(C)(C)O)cn1. The van der Waals surface area contributed by atoms with Crippen molar-refractivity contribution in [2.75, 3.05) is 13.7 Å². The molecule has 0 radical (unpaired) electrons. The molecular formula is C12H23BN2O3. The van der Waals surface area contributed by atoms with Crippen LogP contribution in [0.5, 0.6) is 0 Å². The van der Waals surface area contributed by atoms with Gasteiger partial charge in [0.15, 0.2) is 0 Å². The fraction of sp³-hybridized carbons (Fsp3) is 0.750. The van der Waals surface area contributed by atoms with E-state index in [1.807, 2.05) is 24.7 Å². The molecular weight excluding hydrogens is 231 g/mol. The van der Waals surface area contributed by atoms with E-state index in [2.05, 4.69) is 5.10 Å². The van der Waals surface area contributed by atoms with Crippen molar-refractivity contribution < 1.29 is 14.5 Å². The van der Waals surface area contributed by atoms with Gasteiger partial charge in [0.05, 0.1) is 24.4 Å². The third-order valence-corrected chi connectivity index (χ3v) is 3.28. The van der Waals surface area contributed by atoms with Gasteiger partial charge in [-0.25, -0.2) is 0 Å². The maximum atomic E-state index is 9.98. The van der Waals surface area contributed by atoms with Crippen molar-refractivity contribution in [1.82, 2.24) is 9.78 Å². The first-order valence-electron chi connectivity index (χ1n) is 6.13. The highest BCUT2D eigenvalue weighted by molar-refractivity contribution is 6.46. The molecule has 0 bridgehead atoms. The van der Waals surface area contributed by atoms with E-state index in [9.17, 15) is 5.11 Å². The first kappa shape index (κ1) is 15.2. The van der Waals surface area contributed by atoms with Crippen LogP contribution in [-0.4, -0.2) is 47.3 Å². The van der Waals surface area contributed by atoms with Crippen LogP contribution in [0.15, 0.2) is 12.4 Å². The zero-order valence-corrected chi connectivity index (χ0v) is 11.9. The van der Waals surface area contributed by atoms with E-state index in [-0.39, 0.29) is 0 Å². The lowest BCUT2D eigenvalue weighted by atomic mass is 9.84. The van der Waals surface area contributed by atoms with E-state index < -0.39 is 11.2 Å². The molecule has 0 spiro atoms. The lowest BCUT2D eigenvalue weighted by Gasteiger charge is -2.37. The molecule has 0 atom stereocenters. The van der Waals surface area contributed by atoms with Gasteiger partial charge in [0, 0.05) is 19.5 Å². The maximum Gasteiger partial charge on any atom is 0.312 e. The van der Waals surface area contributed by atoms with Crippen molar-refractivity contribution in [2.45, 2.75) is 45.4 Å². The Labute approximate surface area is 109 Å². The molecule has 0 saturated heterocycles. The van der Waals surface area contributed by atoms with Crippen LogP contribution in [0.25, 0.3) is 0 Å². The molecule has 0 aliphatic rings. The van der Waals surface area contributed by atoms with E-state index in [1.54, 1.807) is 27.2 Å². The van der Waals surface area contributed by atoms with Gasteiger partial charge < -0.3 is 14.5 Å². The number of aromatic nitrogens is 2. The second kappa shape index (κ2) is 5.86. The number of hydrogen-bond acceptors (Lipinski definition) is 4. The lowest BCUT2D eigenvalue weighted by Crippen LogP contribution is -2.49. The van der Waals surface area contributed by atoms with E-state index >= 15 is 0 Å². The Morgan fingerprint density at radius 2 is 2.06 bits per heavy atom. The summed E-state index contributed by atoms with van der Waals surface area (Å²) in [4.78, 5) is 0. The molecule has 1 heterocycles. The molecule has 0 saturated carbocycles. The van der Waals surface area contributed by atoms with Gasteiger partial charge in [-0.1, -0.05) is 0 Å². The van der Waals surface area contributed by atoms with Gasteiger partial charge in [0.25, 0.3) is 0 Å². The fourth-order valence-electron chi connectivity index (χ4n) is 1.23. The number of methoxy groups -OCH3 is 1. The number of ether oxygens (including phenoxy) is 1. The Bertz CT molecular complexity index is 372. The lowest BCUT2D eigenvalue weighted by molar-refractivity contribution is -0.0893. The number of hydrogen-bond donors (Lipinski definition) is 1. The summed E-state index contributed by atoms with van der Waals surface area (Å²) in [6.07, 6.45) is 3.70. The largest absolute Gasteiger partial charge is 0.427 e. The van der Waals surface area contributed by atoms with Gasteiger partial charge in [-0.05, 0) is 33.2 Å². The second-order valence-electron chi connectivity index (χ2n) is 5.46. The second-order valence-corrected chi connectivity index (χ2v) is 5.46. The van der Waals surface area contributed by atoms with E-state index in [0.717, 1.165) is 12.0 Å². The molecule has 0 aliphatic carbocycles. The van der Waals surface area contributed by atoms with Crippen LogP contribution in [0.3, 0.4) is 0 Å². The summed E-state index contributed by atoms with van der Waals surface area (Å²) in [5.41, 5.74) is -0.510. The molecule has 5 nitrogen and oxygen atoms in total. The van der Waals surface area contributed by atoms with Crippen LogP contribution in [0.1, 0.15) is 27.7 Å². The third-order valence-electron chi connectivity index (χ3n) is 3.28. The van der Waals surface area contributed by atoms with Crippen molar-refractivity contribution in [3.05, 3.63) is 12.4 Å². The minimum Gasteiger partial charge on any atom is -0.427 e. The predicted octanol–water partition coefficient (Wildman–Crippen LogP) is 0.0724. The van der Waals surface area contributed by atoms with Gasteiger partial charge in [-0.15, -0.1) is 0 Å². The van der Waals surface area contributed by atoms with E-state index in [4.69, 9.17) is 9.39 Å². The minimum absolute atomic E-state index is 0.434. The van der Waals surface area contributed by atoms with Crippen LogP contribution in [0.2, 0.25) is 0 Å². The molecule has 0 fully saturated rings. The highest BCUT2D eigenvalue weighted by atomic mass is 16.5. The Morgan fingerprint density at radius 1 is 1.39 bits per heavy atom. The van der Waals surface area contributed by atoms with Crippen molar-refractivity contribution >= 4 is 12.9 Å². The molecule has 0 aliphatic heterocycles. The smallest absolute Gasteiger partial charge is 0.312 e. The molecule has 1 aromatic rings. The summed E-state index contributed by atoms with van der Waals surface area (Å²) in [7, 11) is 2.10. The Morgan fingerprint density at radius 3 is 2.61 bits per heavy atom. The summed E-state index contributed by atoms with van der Waals surface area (Å²) in [5, 5.41) is 14.2. The molecule has 102 valence electrons. The first-order chi connectivity index (χ1) is 8.26. The van der Waals surface area contributed by atoms with Crippen molar-refractivity contribution in [1.29, 1.82) is 0 Å². The van der Waals surface area contributed by atoms with Gasteiger partial charge in [0.2, 0.25) is 0 Å². The summed E-state index contributed by atoms with van der Waals surface area (Å²) < 4.78 is 12.6. The number of nitrogens with zero attached hydrogens (tertiary/aromatic N) is 2. The average molecular weight is 254 g/mol. The van der Waals surface area contributed by atoms with Crippen molar-refractivity contribution in [2.24, 2.45) is 0 Å². The van der Waals surface area contributed by atoms with Gasteiger partial charge in [-0.2, -0.15) is 5.10 Å². The van der Waals surface area contributed by atoms with Crippen LogP contribution in [-0.2, 0) is 15.9 Å². The zero-order valence-electron chi connectivity index (χ0n) is 11.9. The molecule has 6 heteroatoms. The van der Waals surface area contributed by atoms with Crippen molar-refractivity contribution in [3.8, 4) is 0 Å². The molecule has 0 aromatic carbocycles. The Hall–Kier alpha value is -0.845. The summed E-state index contributed by atoms with van der Waals surface area (Å²) in [5.74, 6) is 0. The van der Waals surface area contributed by atoms with Crippen molar-refractivity contribution in [3.63, 3.8) is 0 Å². The normalized spacial score (nSPS) is 12.8. The molecule has 0 unspecified atom stereocenters. The van der Waals surface area contributed by atoms with Crippen LogP contribution in [0.4, 0.5) is 0 Å². The third kappa shape index (κ3) is 4.12. The summed E-state index contributed by atoms with van der Waals surface area (Å²) in [6, 6.07) is 0. The van der Waals surface area contributed by atoms with Crippen LogP contribution < -0.4 is 5.46 Å². The predicted molar refractivity (Wildman–Crippen MR) is 72.3 cm³/mol. The average Bonchev–Trinajstić information content (AvgIpc) is 2.70. The topological polar surface area (TPSA) is 56.5 Å². The van der Waals surface area contributed by atoms with E-state index in [1.165, 1.54) is 0 Å². The Kier molecular flexibility index (Phi) is 4.96. The standard InChI is InChI=1S/C12H23BN2O3/c1-11(2,16)12(3,4)18-13-10-8-14-15(9-10)6-7-17-5/h8-9,13,16H,6-7H2,1-5H3. The zero-order chi connectivity index (χ0) is 13.8.